The Morgan fingerprint density at radius 3 is 2.86 bits per heavy atom. The number of carbonyl (C=O) groups is 1. The number of phenolic OH excluding ortho intramolecular Hbond substituents is 1. The molecule has 22 heavy (non-hydrogen) atoms. The SMILES string of the molecule is CCOCCCNC(=O)/C(C#N)=C/c1ccc(OC)c(O)c1. The van der Waals surface area contributed by atoms with Crippen molar-refractivity contribution >= 4 is 12.0 Å². The van der Waals surface area contributed by atoms with Crippen LogP contribution in [0.4, 0.5) is 0 Å². The molecule has 0 unspecified atom stereocenters. The molecule has 0 aliphatic heterocycles. The predicted octanol–water partition coefficient (Wildman–Crippen LogP) is 1.85. The number of carbonyl (C=O) groups excluding carboxylic acids is 1. The van der Waals surface area contributed by atoms with E-state index in [4.69, 9.17) is 14.7 Å². The molecule has 0 fully saturated rings. The van der Waals surface area contributed by atoms with Crippen molar-refractivity contribution in [2.75, 3.05) is 26.9 Å². The molecule has 1 aromatic rings. The summed E-state index contributed by atoms with van der Waals surface area (Å²) in [5.74, 6) is -0.170. The summed E-state index contributed by atoms with van der Waals surface area (Å²) >= 11 is 0. The summed E-state index contributed by atoms with van der Waals surface area (Å²) < 4.78 is 10.1. The Bertz CT molecular complexity index is 576. The minimum atomic E-state index is -0.450. The second-order valence-corrected chi connectivity index (χ2v) is 4.41. The highest BCUT2D eigenvalue weighted by Gasteiger charge is 2.09. The molecule has 0 bridgehead atoms. The molecule has 118 valence electrons. The molecule has 1 amide bonds. The lowest BCUT2D eigenvalue weighted by molar-refractivity contribution is -0.117. The number of hydrogen-bond donors (Lipinski definition) is 2. The molecule has 1 aromatic carbocycles. The van der Waals surface area contributed by atoms with E-state index in [1.807, 2.05) is 13.0 Å². The number of methoxy groups -OCH3 is 1. The number of rotatable bonds is 8. The van der Waals surface area contributed by atoms with Crippen molar-refractivity contribution in [2.24, 2.45) is 0 Å². The summed E-state index contributed by atoms with van der Waals surface area (Å²) in [5.41, 5.74) is 0.514. The lowest BCUT2D eigenvalue weighted by Gasteiger charge is -2.06. The van der Waals surface area contributed by atoms with Crippen LogP contribution in [0.25, 0.3) is 6.08 Å². The van der Waals surface area contributed by atoms with Gasteiger partial charge in [-0.1, -0.05) is 6.07 Å². The van der Waals surface area contributed by atoms with Crippen LogP contribution in [0, 0.1) is 11.3 Å². The van der Waals surface area contributed by atoms with Gasteiger partial charge in [-0.05, 0) is 37.1 Å². The second-order valence-electron chi connectivity index (χ2n) is 4.41. The van der Waals surface area contributed by atoms with Crippen LogP contribution in [0.1, 0.15) is 18.9 Å². The molecule has 6 heteroatoms. The normalized spacial score (nSPS) is 10.9. The zero-order valence-corrected chi connectivity index (χ0v) is 12.8. The van der Waals surface area contributed by atoms with Crippen LogP contribution in [0.2, 0.25) is 0 Å². The first-order valence-corrected chi connectivity index (χ1v) is 6.97. The summed E-state index contributed by atoms with van der Waals surface area (Å²) in [6, 6.07) is 6.50. The second kappa shape index (κ2) is 9.42. The molecule has 6 nitrogen and oxygen atoms in total. The third-order valence-corrected chi connectivity index (χ3v) is 2.83. The first kappa shape index (κ1) is 17.5. The van der Waals surface area contributed by atoms with Gasteiger partial charge in [0.25, 0.3) is 5.91 Å². The van der Waals surface area contributed by atoms with Crippen LogP contribution in [-0.4, -0.2) is 37.9 Å². The summed E-state index contributed by atoms with van der Waals surface area (Å²) in [5, 5.41) is 21.4. The fraction of sp³-hybridized carbons (Fsp3) is 0.375. The van der Waals surface area contributed by atoms with Crippen molar-refractivity contribution < 1.29 is 19.4 Å². The summed E-state index contributed by atoms with van der Waals surface area (Å²) in [6.45, 7) is 3.54. The molecule has 0 aliphatic carbocycles. The molecule has 0 spiro atoms. The fourth-order valence-electron chi connectivity index (χ4n) is 1.73. The quantitative estimate of drug-likeness (QED) is 0.434. The Morgan fingerprint density at radius 2 is 2.27 bits per heavy atom. The molecule has 0 saturated carbocycles. The average Bonchev–Trinajstić information content (AvgIpc) is 2.52. The summed E-state index contributed by atoms with van der Waals surface area (Å²) in [4.78, 5) is 11.9. The van der Waals surface area contributed by atoms with Crippen LogP contribution in [0.3, 0.4) is 0 Å². The van der Waals surface area contributed by atoms with Gasteiger partial charge in [0.15, 0.2) is 11.5 Å². The minimum Gasteiger partial charge on any atom is -0.504 e. The molecule has 0 heterocycles. The largest absolute Gasteiger partial charge is 0.504 e. The van der Waals surface area contributed by atoms with Crippen molar-refractivity contribution in [1.82, 2.24) is 5.32 Å². The van der Waals surface area contributed by atoms with E-state index in [9.17, 15) is 9.90 Å². The topological polar surface area (TPSA) is 91.6 Å². The molecule has 2 N–H and O–H groups in total. The van der Waals surface area contributed by atoms with Gasteiger partial charge in [-0.15, -0.1) is 0 Å². The maximum Gasteiger partial charge on any atom is 0.261 e. The van der Waals surface area contributed by atoms with Gasteiger partial charge >= 0.3 is 0 Å². The van der Waals surface area contributed by atoms with Gasteiger partial charge in [-0.25, -0.2) is 0 Å². The lowest BCUT2D eigenvalue weighted by Crippen LogP contribution is -2.26. The number of nitrogens with one attached hydrogen (secondary N) is 1. The van der Waals surface area contributed by atoms with Crippen molar-refractivity contribution in [3.05, 3.63) is 29.3 Å². The van der Waals surface area contributed by atoms with Gasteiger partial charge in [0.2, 0.25) is 0 Å². The van der Waals surface area contributed by atoms with Crippen LogP contribution in [-0.2, 0) is 9.53 Å². The number of phenols is 1. The minimum absolute atomic E-state index is 0.0269. The molecule has 0 saturated heterocycles. The van der Waals surface area contributed by atoms with Crippen LogP contribution < -0.4 is 10.1 Å². The molecular weight excluding hydrogens is 284 g/mol. The van der Waals surface area contributed by atoms with Gasteiger partial charge in [0.05, 0.1) is 7.11 Å². The number of nitrogens with zero attached hydrogens (tertiary/aromatic N) is 1. The summed E-state index contributed by atoms with van der Waals surface area (Å²) in [7, 11) is 1.45. The zero-order valence-electron chi connectivity index (χ0n) is 12.8. The molecule has 0 aromatic heterocycles. The van der Waals surface area contributed by atoms with Gasteiger partial charge in [-0.2, -0.15) is 5.26 Å². The van der Waals surface area contributed by atoms with Crippen molar-refractivity contribution in [2.45, 2.75) is 13.3 Å². The standard InChI is InChI=1S/C16H20N2O4/c1-3-22-8-4-7-18-16(20)13(11-17)9-12-5-6-15(21-2)14(19)10-12/h5-6,9-10,19H,3-4,7-8H2,1-2H3,(H,18,20)/b13-9+. The Morgan fingerprint density at radius 1 is 1.50 bits per heavy atom. The number of hydrogen-bond acceptors (Lipinski definition) is 5. The fourth-order valence-corrected chi connectivity index (χ4v) is 1.73. The Balaban J connectivity index is 2.68. The molecule has 0 aliphatic rings. The maximum atomic E-state index is 11.9. The third-order valence-electron chi connectivity index (χ3n) is 2.83. The Labute approximate surface area is 130 Å². The van der Waals surface area contributed by atoms with E-state index in [-0.39, 0.29) is 11.3 Å². The highest BCUT2D eigenvalue weighted by molar-refractivity contribution is 6.01. The molecule has 0 atom stereocenters. The van der Waals surface area contributed by atoms with E-state index in [1.54, 1.807) is 12.1 Å². The Kier molecular flexibility index (Phi) is 7.51. The molecule has 0 radical (unpaired) electrons. The first-order valence-electron chi connectivity index (χ1n) is 6.97. The van der Waals surface area contributed by atoms with Gasteiger partial charge in [-0.3, -0.25) is 4.79 Å². The van der Waals surface area contributed by atoms with Crippen molar-refractivity contribution in [3.8, 4) is 17.6 Å². The maximum absolute atomic E-state index is 11.9. The van der Waals surface area contributed by atoms with E-state index < -0.39 is 5.91 Å². The predicted molar refractivity (Wildman–Crippen MR) is 82.4 cm³/mol. The molecular formula is C16H20N2O4. The highest BCUT2D eigenvalue weighted by atomic mass is 16.5. The van der Waals surface area contributed by atoms with Crippen molar-refractivity contribution in [3.63, 3.8) is 0 Å². The first-order chi connectivity index (χ1) is 10.6. The highest BCUT2D eigenvalue weighted by Crippen LogP contribution is 2.27. The number of aromatic hydroxyl groups is 1. The lowest BCUT2D eigenvalue weighted by atomic mass is 10.1. The van der Waals surface area contributed by atoms with Crippen LogP contribution in [0.5, 0.6) is 11.5 Å². The Hall–Kier alpha value is -2.52. The van der Waals surface area contributed by atoms with Crippen molar-refractivity contribution in [1.29, 1.82) is 5.26 Å². The smallest absolute Gasteiger partial charge is 0.261 e. The monoisotopic (exact) mass is 304 g/mol. The van der Waals surface area contributed by atoms with E-state index in [1.165, 1.54) is 19.3 Å². The van der Waals surface area contributed by atoms with E-state index in [2.05, 4.69) is 5.32 Å². The van der Waals surface area contributed by atoms with Gasteiger partial charge in [0, 0.05) is 19.8 Å². The number of nitriles is 1. The zero-order chi connectivity index (χ0) is 16.4. The summed E-state index contributed by atoms with van der Waals surface area (Å²) in [6.07, 6.45) is 2.10. The number of benzene rings is 1. The number of amides is 1. The van der Waals surface area contributed by atoms with Gasteiger partial charge < -0.3 is 19.9 Å². The van der Waals surface area contributed by atoms with E-state index in [0.717, 1.165) is 0 Å². The van der Waals surface area contributed by atoms with Crippen LogP contribution in [0.15, 0.2) is 23.8 Å². The van der Waals surface area contributed by atoms with E-state index >= 15 is 0 Å². The third kappa shape index (κ3) is 5.46. The molecule has 1 rings (SSSR count). The average molecular weight is 304 g/mol. The van der Waals surface area contributed by atoms with Gasteiger partial charge in [0.1, 0.15) is 11.6 Å². The van der Waals surface area contributed by atoms with Crippen LogP contribution >= 0.6 is 0 Å². The van der Waals surface area contributed by atoms with E-state index in [0.29, 0.717) is 37.5 Å². The number of ether oxygens (including phenoxy) is 2.